The van der Waals surface area contributed by atoms with E-state index in [1.165, 1.54) is 12.1 Å². The molecule has 0 aliphatic carbocycles. The number of rotatable bonds is 0. The van der Waals surface area contributed by atoms with Crippen molar-refractivity contribution in [1.29, 1.82) is 0 Å². The van der Waals surface area contributed by atoms with Crippen LogP contribution in [0.1, 0.15) is 11.3 Å². The van der Waals surface area contributed by atoms with Gasteiger partial charge in [0, 0.05) is 11.1 Å². The molecule has 2 heteroatoms. The van der Waals surface area contributed by atoms with Crippen LogP contribution >= 0.6 is 0 Å². The summed E-state index contributed by atoms with van der Waals surface area (Å²) >= 11 is 0. The molecule has 0 amide bonds. The summed E-state index contributed by atoms with van der Waals surface area (Å²) in [7, 11) is 0. The lowest BCUT2D eigenvalue weighted by molar-refractivity contribution is 0.629. The summed E-state index contributed by atoms with van der Waals surface area (Å²) in [5.41, 5.74) is 2.95. The fourth-order valence-electron chi connectivity index (χ4n) is 1.35. The third-order valence-corrected chi connectivity index (χ3v) is 2.22. The molecular formula is C11H10FN. The van der Waals surface area contributed by atoms with E-state index >= 15 is 0 Å². The van der Waals surface area contributed by atoms with Crippen LogP contribution in [0, 0.1) is 19.7 Å². The third-order valence-electron chi connectivity index (χ3n) is 2.22. The van der Waals surface area contributed by atoms with Gasteiger partial charge in [-0.15, -0.1) is 0 Å². The van der Waals surface area contributed by atoms with Gasteiger partial charge in [-0.2, -0.15) is 0 Å². The van der Waals surface area contributed by atoms with Crippen molar-refractivity contribution in [2.45, 2.75) is 13.8 Å². The molecule has 0 saturated heterocycles. The van der Waals surface area contributed by atoms with Crippen LogP contribution in [-0.2, 0) is 0 Å². The summed E-state index contributed by atoms with van der Waals surface area (Å²) in [6.45, 7) is 3.94. The molecule has 13 heavy (non-hydrogen) atoms. The molecule has 0 aliphatic rings. The maximum absolute atomic E-state index is 12.8. The van der Waals surface area contributed by atoms with Crippen LogP contribution in [0.5, 0.6) is 0 Å². The van der Waals surface area contributed by atoms with Crippen LogP contribution in [-0.4, -0.2) is 4.98 Å². The highest BCUT2D eigenvalue weighted by Gasteiger charge is 1.99. The third kappa shape index (κ3) is 1.39. The summed E-state index contributed by atoms with van der Waals surface area (Å²) in [4.78, 5) is 4.35. The van der Waals surface area contributed by atoms with Crippen LogP contribution in [0.4, 0.5) is 4.39 Å². The first-order chi connectivity index (χ1) is 6.16. The molecular weight excluding hydrogens is 165 g/mol. The molecule has 0 N–H and O–H groups in total. The predicted octanol–water partition coefficient (Wildman–Crippen LogP) is 2.99. The Labute approximate surface area is 76.2 Å². The molecule has 1 aromatic carbocycles. The number of pyridine rings is 1. The van der Waals surface area contributed by atoms with Gasteiger partial charge in [0.1, 0.15) is 5.82 Å². The molecule has 0 spiro atoms. The highest BCUT2D eigenvalue weighted by Crippen LogP contribution is 2.16. The van der Waals surface area contributed by atoms with Crippen molar-refractivity contribution in [3.05, 3.63) is 41.3 Å². The Balaban J connectivity index is 2.81. The number of aryl methyl sites for hydroxylation is 2. The maximum atomic E-state index is 12.8. The molecule has 0 aliphatic heterocycles. The van der Waals surface area contributed by atoms with Crippen molar-refractivity contribution >= 4 is 10.9 Å². The zero-order valence-electron chi connectivity index (χ0n) is 7.63. The van der Waals surface area contributed by atoms with Crippen molar-refractivity contribution in [3.8, 4) is 0 Å². The highest BCUT2D eigenvalue weighted by molar-refractivity contribution is 5.79. The van der Waals surface area contributed by atoms with Crippen molar-refractivity contribution in [2.75, 3.05) is 0 Å². The second-order valence-corrected chi connectivity index (χ2v) is 3.23. The van der Waals surface area contributed by atoms with Crippen molar-refractivity contribution < 1.29 is 4.39 Å². The quantitative estimate of drug-likeness (QED) is 0.599. The average Bonchev–Trinajstić information content (AvgIpc) is 2.08. The molecule has 0 saturated carbocycles. The van der Waals surface area contributed by atoms with Crippen molar-refractivity contribution in [2.24, 2.45) is 0 Å². The SMILES string of the molecule is Cc1cc2cc(F)ccc2nc1C. The zero-order chi connectivity index (χ0) is 9.42. The number of hydrogen-bond acceptors (Lipinski definition) is 1. The van der Waals surface area contributed by atoms with Crippen LogP contribution < -0.4 is 0 Å². The van der Waals surface area contributed by atoms with E-state index in [-0.39, 0.29) is 5.82 Å². The van der Waals surface area contributed by atoms with E-state index in [1.54, 1.807) is 6.07 Å². The number of hydrogen-bond donors (Lipinski definition) is 0. The molecule has 1 aromatic heterocycles. The Morgan fingerprint density at radius 3 is 2.69 bits per heavy atom. The largest absolute Gasteiger partial charge is 0.253 e. The minimum Gasteiger partial charge on any atom is -0.253 e. The standard InChI is InChI=1S/C11H10FN/c1-7-5-9-6-10(12)3-4-11(9)13-8(7)2/h3-6H,1-2H3. The second kappa shape index (κ2) is 2.80. The van der Waals surface area contributed by atoms with Gasteiger partial charge >= 0.3 is 0 Å². The Morgan fingerprint density at radius 2 is 1.92 bits per heavy atom. The summed E-state index contributed by atoms with van der Waals surface area (Å²) in [5.74, 6) is -0.211. The van der Waals surface area contributed by atoms with E-state index in [4.69, 9.17) is 0 Å². The van der Waals surface area contributed by atoms with Gasteiger partial charge < -0.3 is 0 Å². The number of halogens is 1. The lowest BCUT2D eigenvalue weighted by Gasteiger charge is -2.02. The predicted molar refractivity (Wildman–Crippen MR) is 51.2 cm³/mol. The molecule has 1 heterocycles. The fraction of sp³-hybridized carbons (Fsp3) is 0.182. The average molecular weight is 175 g/mol. The smallest absolute Gasteiger partial charge is 0.123 e. The molecule has 2 rings (SSSR count). The highest BCUT2D eigenvalue weighted by atomic mass is 19.1. The number of benzene rings is 1. The fourth-order valence-corrected chi connectivity index (χ4v) is 1.35. The molecule has 0 unspecified atom stereocenters. The first kappa shape index (κ1) is 8.17. The van der Waals surface area contributed by atoms with Gasteiger partial charge in [0.05, 0.1) is 5.52 Å². The molecule has 66 valence electrons. The number of aromatic nitrogens is 1. The van der Waals surface area contributed by atoms with Crippen molar-refractivity contribution in [1.82, 2.24) is 4.98 Å². The zero-order valence-corrected chi connectivity index (χ0v) is 7.63. The molecule has 0 radical (unpaired) electrons. The van der Waals surface area contributed by atoms with Gasteiger partial charge in [-0.05, 0) is 43.7 Å². The molecule has 1 nitrogen and oxygen atoms in total. The summed E-state index contributed by atoms with van der Waals surface area (Å²) < 4.78 is 12.8. The topological polar surface area (TPSA) is 12.9 Å². The lowest BCUT2D eigenvalue weighted by atomic mass is 10.1. The Bertz CT molecular complexity index is 463. The maximum Gasteiger partial charge on any atom is 0.123 e. The summed E-state index contributed by atoms with van der Waals surface area (Å²) in [5, 5.41) is 0.864. The normalized spacial score (nSPS) is 10.7. The first-order valence-corrected chi connectivity index (χ1v) is 4.20. The van der Waals surface area contributed by atoms with E-state index in [1.807, 2.05) is 19.9 Å². The van der Waals surface area contributed by atoms with E-state index in [0.717, 1.165) is 22.2 Å². The van der Waals surface area contributed by atoms with Crippen LogP contribution in [0.2, 0.25) is 0 Å². The summed E-state index contributed by atoms with van der Waals surface area (Å²) in [6, 6.07) is 6.61. The van der Waals surface area contributed by atoms with Crippen LogP contribution in [0.3, 0.4) is 0 Å². The Morgan fingerprint density at radius 1 is 1.15 bits per heavy atom. The van der Waals surface area contributed by atoms with Crippen molar-refractivity contribution in [3.63, 3.8) is 0 Å². The lowest BCUT2D eigenvalue weighted by Crippen LogP contribution is -1.88. The van der Waals surface area contributed by atoms with Gasteiger partial charge in [0.25, 0.3) is 0 Å². The number of nitrogens with zero attached hydrogens (tertiary/aromatic N) is 1. The van der Waals surface area contributed by atoms with E-state index in [2.05, 4.69) is 4.98 Å². The Hall–Kier alpha value is -1.44. The molecule has 2 aromatic rings. The van der Waals surface area contributed by atoms with Gasteiger partial charge in [0.2, 0.25) is 0 Å². The second-order valence-electron chi connectivity index (χ2n) is 3.23. The number of fused-ring (bicyclic) bond motifs is 1. The van der Waals surface area contributed by atoms with E-state index in [0.29, 0.717) is 0 Å². The molecule has 0 atom stereocenters. The van der Waals surface area contributed by atoms with Gasteiger partial charge in [0.15, 0.2) is 0 Å². The summed E-state index contributed by atoms with van der Waals surface area (Å²) in [6.07, 6.45) is 0. The Kier molecular flexibility index (Phi) is 1.76. The van der Waals surface area contributed by atoms with E-state index in [9.17, 15) is 4.39 Å². The minimum atomic E-state index is -0.211. The molecule has 0 fully saturated rings. The van der Waals surface area contributed by atoms with Crippen LogP contribution in [0.25, 0.3) is 10.9 Å². The minimum absolute atomic E-state index is 0.211. The van der Waals surface area contributed by atoms with Gasteiger partial charge in [-0.3, -0.25) is 4.98 Å². The first-order valence-electron chi connectivity index (χ1n) is 4.20. The van der Waals surface area contributed by atoms with Gasteiger partial charge in [-0.1, -0.05) is 0 Å². The van der Waals surface area contributed by atoms with Gasteiger partial charge in [-0.25, -0.2) is 4.39 Å². The monoisotopic (exact) mass is 175 g/mol. The molecule has 0 bridgehead atoms. The van der Waals surface area contributed by atoms with E-state index < -0.39 is 0 Å². The van der Waals surface area contributed by atoms with Crippen LogP contribution in [0.15, 0.2) is 24.3 Å².